The number of fused-ring (bicyclic) bond motifs is 6. The number of carbonyl (C=O) groups is 2. The second-order valence-corrected chi connectivity index (χ2v) is 11.7. The highest BCUT2D eigenvalue weighted by atomic mass is 19.1. The summed E-state index contributed by atoms with van der Waals surface area (Å²) in [6.45, 7) is 1.13. The monoisotopic (exact) mass is 644 g/mol. The second-order valence-electron chi connectivity index (χ2n) is 11.7. The van der Waals surface area contributed by atoms with Gasteiger partial charge in [0, 0.05) is 18.7 Å². The Bertz CT molecular complexity index is 1990. The van der Waals surface area contributed by atoms with E-state index in [-0.39, 0.29) is 23.0 Å². The van der Waals surface area contributed by atoms with Gasteiger partial charge < -0.3 is 29.5 Å². The largest absolute Gasteiger partial charge is 0.507 e. The molecule has 0 saturated carbocycles. The van der Waals surface area contributed by atoms with Crippen LogP contribution in [-0.4, -0.2) is 48.6 Å². The highest BCUT2D eigenvalue weighted by Gasteiger charge is 2.34. The zero-order valence-corrected chi connectivity index (χ0v) is 26.2. The zero-order valence-electron chi connectivity index (χ0n) is 26.2. The van der Waals surface area contributed by atoms with Gasteiger partial charge in [-0.15, -0.1) is 0 Å². The lowest BCUT2D eigenvalue weighted by molar-refractivity contribution is 0.0693. The summed E-state index contributed by atoms with van der Waals surface area (Å²) >= 11 is 0. The van der Waals surface area contributed by atoms with E-state index in [2.05, 4.69) is 5.32 Å². The van der Waals surface area contributed by atoms with Crippen LogP contribution < -0.4 is 19.5 Å². The summed E-state index contributed by atoms with van der Waals surface area (Å²) < 4.78 is 31.6. The predicted molar refractivity (Wildman–Crippen MR) is 178 cm³/mol. The molecule has 242 valence electrons. The van der Waals surface area contributed by atoms with Crippen LogP contribution in [-0.2, 0) is 6.42 Å². The first-order valence-electron chi connectivity index (χ1n) is 15.8. The molecule has 0 spiro atoms. The van der Waals surface area contributed by atoms with Crippen molar-refractivity contribution < 1.29 is 33.3 Å². The molecule has 3 heterocycles. The minimum Gasteiger partial charge on any atom is -0.507 e. The Morgan fingerprint density at radius 3 is 2.48 bits per heavy atom. The van der Waals surface area contributed by atoms with Gasteiger partial charge in [0.1, 0.15) is 23.1 Å². The van der Waals surface area contributed by atoms with Crippen LogP contribution in [0.2, 0.25) is 0 Å². The number of phenols is 1. The van der Waals surface area contributed by atoms with E-state index in [0.29, 0.717) is 61.1 Å². The van der Waals surface area contributed by atoms with Crippen molar-refractivity contribution in [3.8, 4) is 39.9 Å². The SMILES string of the molecule is COc1cc2c3cc1Oc1ccc(O)c(c1)C(=O)NCCCOc1cccc(c1)C2N(C(=O)c1ccc(-c2ccc(F)cc2)cc1)CC3. The summed E-state index contributed by atoms with van der Waals surface area (Å²) in [5.41, 5.74) is 5.13. The first kappa shape index (κ1) is 30.8. The van der Waals surface area contributed by atoms with Crippen LogP contribution in [0.5, 0.6) is 28.7 Å². The first-order chi connectivity index (χ1) is 23.4. The molecule has 1 unspecified atom stereocenters. The van der Waals surface area contributed by atoms with Gasteiger partial charge in [-0.2, -0.15) is 0 Å². The molecule has 0 radical (unpaired) electrons. The fraction of sp³-hybridized carbons (Fsp3) is 0.179. The van der Waals surface area contributed by atoms with Crippen molar-refractivity contribution in [2.45, 2.75) is 18.9 Å². The topological polar surface area (TPSA) is 97.3 Å². The summed E-state index contributed by atoms with van der Waals surface area (Å²) in [6.07, 6.45) is 1.10. The van der Waals surface area contributed by atoms with E-state index in [9.17, 15) is 19.1 Å². The molecule has 3 aliphatic rings. The number of benzene rings is 5. The molecule has 0 saturated heterocycles. The highest BCUT2D eigenvalue weighted by Crippen LogP contribution is 2.44. The van der Waals surface area contributed by atoms with Crippen LogP contribution in [0.15, 0.2) is 103 Å². The van der Waals surface area contributed by atoms with Crippen molar-refractivity contribution in [1.29, 1.82) is 0 Å². The number of rotatable bonds is 3. The molecule has 1 atom stereocenters. The fourth-order valence-corrected chi connectivity index (χ4v) is 6.28. The molecule has 8 rings (SSSR count). The summed E-state index contributed by atoms with van der Waals surface area (Å²) in [7, 11) is 1.55. The van der Waals surface area contributed by atoms with E-state index < -0.39 is 11.9 Å². The third kappa shape index (κ3) is 6.14. The molecule has 2 amide bonds. The van der Waals surface area contributed by atoms with Crippen LogP contribution in [0.25, 0.3) is 11.1 Å². The molecule has 0 aromatic heterocycles. The third-order valence-electron chi connectivity index (χ3n) is 8.71. The number of aromatic hydroxyl groups is 1. The van der Waals surface area contributed by atoms with E-state index >= 15 is 0 Å². The summed E-state index contributed by atoms with van der Waals surface area (Å²) in [4.78, 5) is 29.0. The van der Waals surface area contributed by atoms with Gasteiger partial charge >= 0.3 is 0 Å². The molecule has 5 aromatic carbocycles. The molecule has 5 aromatic rings. The average molecular weight is 645 g/mol. The Kier molecular flexibility index (Phi) is 8.42. The van der Waals surface area contributed by atoms with Gasteiger partial charge in [-0.1, -0.05) is 36.4 Å². The Morgan fingerprint density at radius 2 is 1.71 bits per heavy atom. The lowest BCUT2D eigenvalue weighted by Gasteiger charge is -2.38. The van der Waals surface area contributed by atoms with E-state index in [4.69, 9.17) is 14.2 Å². The quantitative estimate of drug-likeness (QED) is 0.214. The minimum atomic E-state index is -0.456. The van der Waals surface area contributed by atoms with Crippen molar-refractivity contribution in [2.24, 2.45) is 0 Å². The van der Waals surface area contributed by atoms with Gasteiger partial charge in [0.2, 0.25) is 0 Å². The smallest absolute Gasteiger partial charge is 0.255 e. The maximum Gasteiger partial charge on any atom is 0.255 e. The summed E-state index contributed by atoms with van der Waals surface area (Å²) in [5.74, 6) is 0.890. The molecule has 2 N–H and O–H groups in total. The standard InChI is InChI=1S/C39H33FN2O6/c1-46-35-23-32-27-16-18-42(39(45)26-8-6-24(7-9-26)25-10-12-29(40)13-11-25)37(32)28-4-2-5-30(20-28)47-19-3-17-41-38(44)33-22-31(14-15-34(33)43)48-36(35)21-27/h2,4-15,20-23,37,43H,3,16-19H2,1H3,(H,41,44). The average Bonchev–Trinajstić information content (AvgIpc) is 3.11. The summed E-state index contributed by atoms with van der Waals surface area (Å²) in [5, 5.41) is 13.2. The lowest BCUT2D eigenvalue weighted by atomic mass is 9.87. The number of nitrogens with one attached hydrogen (secondary N) is 1. The van der Waals surface area contributed by atoms with Crippen molar-refractivity contribution in [2.75, 3.05) is 26.8 Å². The van der Waals surface area contributed by atoms with Crippen molar-refractivity contribution in [1.82, 2.24) is 10.2 Å². The lowest BCUT2D eigenvalue weighted by Crippen LogP contribution is -2.40. The number of phenolic OH excluding ortho intramolecular Hbond substituents is 1. The molecule has 48 heavy (non-hydrogen) atoms. The number of halogens is 1. The highest BCUT2D eigenvalue weighted by molar-refractivity contribution is 5.97. The zero-order chi connectivity index (χ0) is 33.2. The molecular formula is C39H33FN2O6. The number of ether oxygens (including phenoxy) is 3. The Balaban J connectivity index is 1.29. The number of hydrogen-bond acceptors (Lipinski definition) is 6. The fourth-order valence-electron chi connectivity index (χ4n) is 6.28. The number of methoxy groups -OCH3 is 1. The van der Waals surface area contributed by atoms with E-state index in [1.807, 2.05) is 53.4 Å². The number of nitrogens with zero attached hydrogens (tertiary/aromatic N) is 1. The Morgan fingerprint density at radius 1 is 0.938 bits per heavy atom. The second kappa shape index (κ2) is 13.1. The predicted octanol–water partition coefficient (Wildman–Crippen LogP) is 7.30. The van der Waals surface area contributed by atoms with Gasteiger partial charge in [0.05, 0.1) is 25.3 Å². The maximum absolute atomic E-state index is 14.3. The Hall–Kier alpha value is -5.83. The van der Waals surface area contributed by atoms with Crippen LogP contribution in [0.3, 0.4) is 0 Å². The van der Waals surface area contributed by atoms with Gasteiger partial charge in [0.25, 0.3) is 11.8 Å². The van der Waals surface area contributed by atoms with Crippen LogP contribution in [0.1, 0.15) is 49.9 Å². The number of hydrogen-bond donors (Lipinski definition) is 2. The molecule has 9 heteroatoms. The number of amides is 2. The van der Waals surface area contributed by atoms with Gasteiger partial charge in [-0.05, 0) is 107 Å². The van der Waals surface area contributed by atoms with E-state index in [0.717, 1.165) is 27.8 Å². The third-order valence-corrected chi connectivity index (χ3v) is 8.71. The van der Waals surface area contributed by atoms with Crippen molar-refractivity contribution in [3.05, 3.63) is 137 Å². The van der Waals surface area contributed by atoms with Crippen molar-refractivity contribution in [3.63, 3.8) is 0 Å². The molecule has 8 bridgehead atoms. The van der Waals surface area contributed by atoms with E-state index in [1.54, 1.807) is 37.4 Å². The minimum absolute atomic E-state index is 0.0964. The van der Waals surface area contributed by atoms with Gasteiger partial charge in [-0.25, -0.2) is 4.39 Å². The molecule has 8 nitrogen and oxygen atoms in total. The number of carbonyl (C=O) groups excluding carboxylic acids is 2. The Labute approximate surface area is 277 Å². The van der Waals surface area contributed by atoms with Crippen LogP contribution in [0.4, 0.5) is 4.39 Å². The van der Waals surface area contributed by atoms with Gasteiger partial charge in [0.15, 0.2) is 11.5 Å². The maximum atomic E-state index is 14.3. The van der Waals surface area contributed by atoms with E-state index in [1.165, 1.54) is 24.3 Å². The van der Waals surface area contributed by atoms with Crippen LogP contribution in [0, 0.1) is 5.82 Å². The van der Waals surface area contributed by atoms with Crippen molar-refractivity contribution >= 4 is 11.8 Å². The molecule has 3 aliphatic heterocycles. The van der Waals surface area contributed by atoms with Gasteiger partial charge in [-0.3, -0.25) is 9.59 Å². The normalized spacial score (nSPS) is 15.8. The molecule has 0 aliphatic carbocycles. The molecular weight excluding hydrogens is 611 g/mol. The van der Waals surface area contributed by atoms with Crippen LogP contribution >= 0.6 is 0 Å². The molecule has 0 fully saturated rings. The first-order valence-corrected chi connectivity index (χ1v) is 15.8. The summed E-state index contributed by atoms with van der Waals surface area (Å²) in [6, 6.07) is 29.2.